The standard InChI is InChI=1S/C20H15F3N2O3/c1-10-9-11(7-8-14(10)20(21,22)23)25-16-12-5-3-4-6-13(12)17(26)18(27)15(16)19(24-25)28-2/h3-10,14H,1-2H3. The van der Waals surface area contributed by atoms with Gasteiger partial charge in [-0.1, -0.05) is 43.3 Å². The highest BCUT2D eigenvalue weighted by Crippen LogP contribution is 2.42. The molecule has 4 rings (SSSR count). The highest BCUT2D eigenvalue weighted by Gasteiger charge is 2.43. The lowest BCUT2D eigenvalue weighted by Gasteiger charge is -2.26. The second-order valence-electron chi connectivity index (χ2n) is 6.73. The average molecular weight is 388 g/mol. The lowest BCUT2D eigenvalue weighted by atomic mass is 9.86. The zero-order chi connectivity index (χ0) is 20.2. The van der Waals surface area contributed by atoms with E-state index in [2.05, 4.69) is 5.10 Å². The largest absolute Gasteiger partial charge is 0.479 e. The molecule has 2 aliphatic carbocycles. The Morgan fingerprint density at radius 1 is 1.11 bits per heavy atom. The average Bonchev–Trinajstić information content (AvgIpc) is 3.05. The number of halogens is 3. The minimum absolute atomic E-state index is 0.0195. The van der Waals surface area contributed by atoms with Crippen molar-refractivity contribution in [1.82, 2.24) is 9.78 Å². The third-order valence-electron chi connectivity index (χ3n) is 5.00. The molecule has 144 valence electrons. The van der Waals surface area contributed by atoms with E-state index in [9.17, 15) is 22.8 Å². The molecule has 0 bridgehead atoms. The first-order valence-corrected chi connectivity index (χ1v) is 8.56. The molecule has 0 aliphatic heterocycles. The summed E-state index contributed by atoms with van der Waals surface area (Å²) in [5.41, 5.74) is 1.45. The normalized spacial score (nSPS) is 21.2. The Bertz CT molecular complexity index is 1060. The Labute approximate surface area is 158 Å². The Morgan fingerprint density at radius 2 is 1.79 bits per heavy atom. The van der Waals surface area contributed by atoms with Crippen molar-refractivity contribution in [1.29, 1.82) is 0 Å². The highest BCUT2D eigenvalue weighted by atomic mass is 19.4. The van der Waals surface area contributed by atoms with E-state index in [0.29, 0.717) is 17.0 Å². The van der Waals surface area contributed by atoms with Gasteiger partial charge in [-0.2, -0.15) is 13.2 Å². The molecule has 1 aromatic heterocycles. The number of Topliss-reactive ketones (excluding diaryl/α,β-unsaturated/α-hetero) is 2. The maximum atomic E-state index is 13.1. The quantitative estimate of drug-likeness (QED) is 0.725. The number of ether oxygens (including phenoxy) is 1. The van der Waals surface area contributed by atoms with Crippen molar-refractivity contribution in [2.45, 2.75) is 13.1 Å². The summed E-state index contributed by atoms with van der Waals surface area (Å²) in [6.07, 6.45) is -0.487. The molecule has 2 aliphatic rings. The van der Waals surface area contributed by atoms with Crippen LogP contribution in [0, 0.1) is 11.8 Å². The van der Waals surface area contributed by atoms with Crippen LogP contribution < -0.4 is 4.74 Å². The van der Waals surface area contributed by atoms with Crippen molar-refractivity contribution in [3.8, 4) is 17.1 Å². The number of methoxy groups -OCH3 is 1. The number of carbonyl (C=O) groups is 2. The van der Waals surface area contributed by atoms with E-state index in [1.165, 1.54) is 36.9 Å². The zero-order valence-electron chi connectivity index (χ0n) is 14.9. The van der Waals surface area contributed by atoms with Gasteiger partial charge in [0.25, 0.3) is 0 Å². The van der Waals surface area contributed by atoms with Crippen molar-refractivity contribution >= 4 is 17.3 Å². The number of allylic oxidation sites excluding steroid dienone is 4. The van der Waals surface area contributed by atoms with Crippen LogP contribution in [-0.4, -0.2) is 34.6 Å². The SMILES string of the molecule is COc1nn(C2=CC(C)C(C(F)(F)F)C=C2)c2c1C(=O)C(=O)c1ccccc1-2. The first kappa shape index (κ1) is 18.2. The summed E-state index contributed by atoms with van der Waals surface area (Å²) in [5.74, 6) is -3.87. The Hall–Kier alpha value is -3.16. The second kappa shape index (κ2) is 6.19. The summed E-state index contributed by atoms with van der Waals surface area (Å²) < 4.78 is 46.0. The number of aromatic nitrogens is 2. The summed E-state index contributed by atoms with van der Waals surface area (Å²) in [6, 6.07) is 6.56. The maximum absolute atomic E-state index is 13.1. The van der Waals surface area contributed by atoms with Crippen molar-refractivity contribution in [3.63, 3.8) is 0 Å². The summed E-state index contributed by atoms with van der Waals surface area (Å²) in [4.78, 5) is 25.1. The molecule has 8 heteroatoms. The Kier molecular flexibility index (Phi) is 4.02. The summed E-state index contributed by atoms with van der Waals surface area (Å²) in [6.45, 7) is 1.47. The number of rotatable bonds is 2. The van der Waals surface area contributed by atoms with Gasteiger partial charge in [-0.3, -0.25) is 9.59 Å². The van der Waals surface area contributed by atoms with Crippen molar-refractivity contribution in [2.75, 3.05) is 7.11 Å². The third kappa shape index (κ3) is 2.59. The minimum Gasteiger partial charge on any atom is -0.479 e. The Morgan fingerprint density at radius 3 is 2.39 bits per heavy atom. The second-order valence-corrected chi connectivity index (χ2v) is 6.73. The van der Waals surface area contributed by atoms with E-state index in [0.717, 1.165) is 6.08 Å². The van der Waals surface area contributed by atoms with E-state index in [1.807, 2.05) is 0 Å². The van der Waals surface area contributed by atoms with E-state index in [4.69, 9.17) is 4.74 Å². The van der Waals surface area contributed by atoms with Crippen LogP contribution in [0.15, 0.2) is 42.5 Å². The van der Waals surface area contributed by atoms with Crippen molar-refractivity contribution < 1.29 is 27.5 Å². The molecule has 2 unspecified atom stereocenters. The van der Waals surface area contributed by atoms with Crippen molar-refractivity contribution in [2.24, 2.45) is 11.8 Å². The molecule has 1 aromatic carbocycles. The molecule has 0 saturated carbocycles. The van der Waals surface area contributed by atoms with Gasteiger partial charge in [0.2, 0.25) is 17.4 Å². The summed E-state index contributed by atoms with van der Waals surface area (Å²) >= 11 is 0. The van der Waals surface area contributed by atoms with Crippen molar-refractivity contribution in [3.05, 3.63) is 53.6 Å². The molecule has 28 heavy (non-hydrogen) atoms. The van der Waals surface area contributed by atoms with E-state index in [-0.39, 0.29) is 17.0 Å². The number of ketones is 2. The molecule has 0 fully saturated rings. The molecule has 5 nitrogen and oxygen atoms in total. The van der Waals surface area contributed by atoms with Gasteiger partial charge in [0, 0.05) is 11.1 Å². The lowest BCUT2D eigenvalue weighted by Crippen LogP contribution is -2.28. The molecule has 0 saturated heterocycles. The molecule has 0 N–H and O–H groups in total. The molecule has 0 spiro atoms. The molecule has 2 aromatic rings. The molecule has 0 amide bonds. The summed E-state index contributed by atoms with van der Waals surface area (Å²) in [5, 5.41) is 4.26. The molecular formula is C20H15F3N2O3. The number of carbonyl (C=O) groups excluding carboxylic acids is 2. The maximum Gasteiger partial charge on any atom is 0.395 e. The topological polar surface area (TPSA) is 61.2 Å². The van der Waals surface area contributed by atoms with Crippen LogP contribution in [0.25, 0.3) is 17.0 Å². The predicted molar refractivity (Wildman–Crippen MR) is 95.0 cm³/mol. The first-order chi connectivity index (χ1) is 13.2. The van der Waals surface area contributed by atoms with E-state index in [1.54, 1.807) is 18.2 Å². The number of hydrogen-bond donors (Lipinski definition) is 0. The van der Waals surface area contributed by atoms with Gasteiger partial charge in [0.05, 0.1) is 24.4 Å². The van der Waals surface area contributed by atoms with Gasteiger partial charge in [-0.05, 0) is 12.0 Å². The van der Waals surface area contributed by atoms with E-state index < -0.39 is 29.6 Å². The third-order valence-corrected chi connectivity index (χ3v) is 5.00. The lowest BCUT2D eigenvalue weighted by molar-refractivity contribution is -0.168. The molecule has 2 atom stereocenters. The molecule has 0 radical (unpaired) electrons. The fraction of sp³-hybridized carbons (Fsp3) is 0.250. The van der Waals surface area contributed by atoms with Crippen LogP contribution in [-0.2, 0) is 0 Å². The fourth-order valence-electron chi connectivity index (χ4n) is 3.66. The summed E-state index contributed by atoms with van der Waals surface area (Å²) in [7, 11) is 1.32. The van der Waals surface area contributed by atoms with Gasteiger partial charge in [-0.25, -0.2) is 4.68 Å². The number of nitrogens with zero attached hydrogens (tertiary/aromatic N) is 2. The van der Waals surface area contributed by atoms with Crippen LogP contribution in [0.5, 0.6) is 5.88 Å². The van der Waals surface area contributed by atoms with Gasteiger partial charge < -0.3 is 4.74 Å². The smallest absolute Gasteiger partial charge is 0.395 e. The molecule has 1 heterocycles. The fourth-order valence-corrected chi connectivity index (χ4v) is 3.66. The van der Waals surface area contributed by atoms with Crippen LogP contribution in [0.1, 0.15) is 27.6 Å². The monoisotopic (exact) mass is 388 g/mol. The zero-order valence-corrected chi connectivity index (χ0v) is 14.9. The van der Waals surface area contributed by atoms with E-state index >= 15 is 0 Å². The number of hydrogen-bond acceptors (Lipinski definition) is 4. The highest BCUT2D eigenvalue weighted by molar-refractivity contribution is 6.53. The van der Waals surface area contributed by atoms with Crippen LogP contribution >= 0.6 is 0 Å². The van der Waals surface area contributed by atoms with Gasteiger partial charge in [0.1, 0.15) is 5.56 Å². The minimum atomic E-state index is -4.35. The van der Waals surface area contributed by atoms with Crippen LogP contribution in [0.3, 0.4) is 0 Å². The Balaban J connectivity index is 1.91. The van der Waals surface area contributed by atoms with Crippen LogP contribution in [0.2, 0.25) is 0 Å². The number of fused-ring (bicyclic) bond motifs is 3. The van der Waals surface area contributed by atoms with Gasteiger partial charge >= 0.3 is 6.18 Å². The number of benzene rings is 1. The van der Waals surface area contributed by atoms with Gasteiger partial charge in [0.15, 0.2) is 0 Å². The number of alkyl halides is 3. The predicted octanol–water partition coefficient (Wildman–Crippen LogP) is 4.16. The first-order valence-electron chi connectivity index (χ1n) is 8.56. The van der Waals surface area contributed by atoms with Crippen LogP contribution in [0.4, 0.5) is 13.2 Å². The molecular weight excluding hydrogens is 373 g/mol. The van der Waals surface area contributed by atoms with Gasteiger partial charge in [-0.15, -0.1) is 5.10 Å².